The summed E-state index contributed by atoms with van der Waals surface area (Å²) < 4.78 is 61.3. The molecule has 0 aliphatic heterocycles. The van der Waals surface area contributed by atoms with Crippen LogP contribution in [0.1, 0.15) is 367 Å². The predicted molar refractivity (Wildman–Crippen MR) is 445 cm³/mol. The van der Waals surface area contributed by atoms with Crippen molar-refractivity contribution >= 4 is 33.6 Å². The highest BCUT2D eigenvalue weighted by Crippen LogP contribution is 2.45. The fraction of sp³-hybridized carbons (Fsp3) is 0.742. The van der Waals surface area contributed by atoms with Crippen molar-refractivity contribution in [3.05, 3.63) is 122 Å². The first-order valence-electron chi connectivity index (χ1n) is 42.8. The van der Waals surface area contributed by atoms with Crippen LogP contribution in [0.5, 0.6) is 0 Å². The van der Waals surface area contributed by atoms with Gasteiger partial charge in [-0.05, 0) is 135 Å². The monoisotopic (exact) mass is 1540 g/mol. The van der Waals surface area contributed by atoms with Gasteiger partial charge in [0, 0.05) is 19.3 Å². The summed E-state index contributed by atoms with van der Waals surface area (Å²) in [6, 6.07) is 0. The number of allylic oxidation sites excluding steroid dienone is 20. The highest BCUT2D eigenvalue weighted by molar-refractivity contribution is 7.47. The second kappa shape index (κ2) is 81.4. The number of aliphatic hydroxyl groups is 2. The van der Waals surface area contributed by atoms with Gasteiger partial charge >= 0.3 is 33.6 Å². The number of ether oxygens (including phenoxy) is 3. The van der Waals surface area contributed by atoms with E-state index in [1.54, 1.807) is 0 Å². The van der Waals surface area contributed by atoms with E-state index in [2.05, 4.69) is 142 Å². The molecule has 618 valence electrons. The lowest BCUT2D eigenvalue weighted by molar-refractivity contribution is -0.161. The van der Waals surface area contributed by atoms with Gasteiger partial charge < -0.3 is 34.2 Å². The van der Waals surface area contributed by atoms with E-state index in [1.165, 1.54) is 161 Å². The van der Waals surface area contributed by atoms with Crippen LogP contribution < -0.4 is 0 Å². The van der Waals surface area contributed by atoms with Gasteiger partial charge in [-0.2, -0.15) is 0 Å². The molecular formula is C89H156O16P2. The van der Waals surface area contributed by atoms with Gasteiger partial charge in [-0.1, -0.05) is 335 Å². The van der Waals surface area contributed by atoms with E-state index in [0.29, 0.717) is 19.3 Å². The molecule has 5 unspecified atom stereocenters. The average Bonchev–Trinajstić information content (AvgIpc) is 0.913. The van der Waals surface area contributed by atoms with Crippen molar-refractivity contribution in [2.75, 3.05) is 39.6 Å². The molecule has 16 nitrogen and oxygen atoms in total. The fourth-order valence-electron chi connectivity index (χ4n) is 11.6. The highest BCUT2D eigenvalue weighted by Gasteiger charge is 2.29. The molecule has 0 spiro atoms. The Balaban J connectivity index is 4.52. The number of phosphoric acid groups is 2. The lowest BCUT2D eigenvalue weighted by atomic mass is 10.0. The molecule has 18 heteroatoms. The zero-order chi connectivity index (χ0) is 78.0. The molecule has 4 N–H and O–H groups in total. The van der Waals surface area contributed by atoms with Gasteiger partial charge in [0.25, 0.3) is 0 Å². The zero-order valence-electron chi connectivity index (χ0n) is 67.8. The summed E-state index contributed by atoms with van der Waals surface area (Å²) in [5, 5.41) is 20.7. The van der Waals surface area contributed by atoms with Crippen LogP contribution in [0.15, 0.2) is 122 Å². The number of hydrogen-bond donors (Lipinski definition) is 4. The molecule has 107 heavy (non-hydrogen) atoms. The van der Waals surface area contributed by atoms with E-state index in [-0.39, 0.29) is 19.3 Å². The third-order valence-electron chi connectivity index (χ3n) is 18.1. The lowest BCUT2D eigenvalue weighted by Gasteiger charge is -2.21. The van der Waals surface area contributed by atoms with Crippen molar-refractivity contribution < 1.29 is 75.8 Å². The Bertz CT molecular complexity index is 2430. The maximum absolute atomic E-state index is 13.0. The van der Waals surface area contributed by atoms with Gasteiger partial charge in [0.05, 0.1) is 26.4 Å². The Morgan fingerprint density at radius 2 is 0.495 bits per heavy atom. The molecular weight excluding hydrogens is 1390 g/mol. The molecule has 0 aromatic heterocycles. The molecule has 0 rings (SSSR count). The number of rotatable bonds is 81. The maximum atomic E-state index is 13.0. The van der Waals surface area contributed by atoms with E-state index in [4.69, 9.17) is 32.3 Å². The molecule has 0 aliphatic rings. The second-order valence-corrected chi connectivity index (χ2v) is 31.5. The van der Waals surface area contributed by atoms with Crippen LogP contribution in [0.3, 0.4) is 0 Å². The molecule has 0 aliphatic carbocycles. The maximum Gasteiger partial charge on any atom is 0.472 e. The lowest BCUT2D eigenvalue weighted by Crippen LogP contribution is -2.30. The van der Waals surface area contributed by atoms with Gasteiger partial charge in [0.1, 0.15) is 25.4 Å². The molecule has 0 saturated carbocycles. The third kappa shape index (κ3) is 82.7. The van der Waals surface area contributed by atoms with Gasteiger partial charge in [0.2, 0.25) is 0 Å². The van der Waals surface area contributed by atoms with Crippen LogP contribution in [0, 0.1) is 0 Å². The van der Waals surface area contributed by atoms with Crippen molar-refractivity contribution in [1.29, 1.82) is 0 Å². The van der Waals surface area contributed by atoms with Crippen molar-refractivity contribution in [3.8, 4) is 0 Å². The summed E-state index contributed by atoms with van der Waals surface area (Å²) in [4.78, 5) is 58.8. The van der Waals surface area contributed by atoms with E-state index in [0.717, 1.165) is 148 Å². The van der Waals surface area contributed by atoms with E-state index < -0.39 is 91.5 Å². The number of phosphoric ester groups is 2. The minimum absolute atomic E-state index is 0.0938. The molecule has 0 aromatic carbocycles. The highest BCUT2D eigenvalue weighted by atomic mass is 31.2. The predicted octanol–water partition coefficient (Wildman–Crippen LogP) is 25.7. The molecule has 0 radical (unpaired) electrons. The molecule has 0 bridgehead atoms. The molecule has 0 amide bonds. The van der Waals surface area contributed by atoms with Gasteiger partial charge in [-0.25, -0.2) is 9.13 Å². The minimum atomic E-state index is -4.94. The topological polar surface area (TPSA) is 231 Å². The Morgan fingerprint density at radius 3 is 0.813 bits per heavy atom. The Hall–Kier alpha value is -4.05. The smallest absolute Gasteiger partial charge is 0.463 e. The minimum Gasteiger partial charge on any atom is -0.463 e. The third-order valence-corrected chi connectivity index (χ3v) is 20.0. The summed E-state index contributed by atoms with van der Waals surface area (Å²) >= 11 is 0. The van der Waals surface area contributed by atoms with Crippen molar-refractivity contribution in [2.24, 2.45) is 0 Å². The Labute approximate surface area is 653 Å². The van der Waals surface area contributed by atoms with Crippen LogP contribution >= 0.6 is 15.6 Å². The summed E-state index contributed by atoms with van der Waals surface area (Å²) in [5.41, 5.74) is 0. The van der Waals surface area contributed by atoms with Crippen molar-refractivity contribution in [3.63, 3.8) is 0 Å². The van der Waals surface area contributed by atoms with Crippen molar-refractivity contribution in [1.82, 2.24) is 0 Å². The molecule has 0 aromatic rings. The second-order valence-electron chi connectivity index (χ2n) is 28.6. The van der Waals surface area contributed by atoms with E-state index in [1.807, 2.05) is 0 Å². The average molecular weight is 1540 g/mol. The van der Waals surface area contributed by atoms with Gasteiger partial charge in [0.15, 0.2) is 6.10 Å². The number of carbonyl (C=O) groups excluding carboxylic acids is 3. The largest absolute Gasteiger partial charge is 0.472 e. The molecule has 0 heterocycles. The Kier molecular flexibility index (Phi) is 78.4. The van der Waals surface area contributed by atoms with Crippen LogP contribution in [0.25, 0.3) is 0 Å². The number of carbonyl (C=O) groups is 3. The molecule has 5 atom stereocenters. The van der Waals surface area contributed by atoms with Crippen LogP contribution in [0.2, 0.25) is 0 Å². The van der Waals surface area contributed by atoms with Crippen LogP contribution in [0.4, 0.5) is 0 Å². The standard InChI is InChI=1S/C89H156O16P2/c1-4-7-10-13-16-19-22-25-28-30-32-34-36-38-40-41-43-45-46-48-50-52-55-57-60-63-66-69-72-75-87(92)99-78-84(90)79-101-106(95,96)102-80-85(91)81-103-107(97,98)104-83-86(105-89(94)77-74-71-68-65-62-59-54-27-24-21-18-15-12-9-6-3)82-100-88(93)76-73-70-67-64-61-58-56-53-51-49-47-44-42-39-37-35-33-31-29-26-23-20-17-14-11-8-5-2/h8,11,16-17,19-20,25-29,32-35,38-40,42,54,84-86,90-91H,4-7,9-10,12-15,18,21-24,30-31,36-37,41,43-53,55-83H2,1-3H3,(H,95,96)(H,97,98)/b11-8-,19-16-,20-17-,28-25-,29-26-,34-32-,35-33-,40-38-,42-39-,54-27-. The van der Waals surface area contributed by atoms with E-state index >= 15 is 0 Å². The zero-order valence-corrected chi connectivity index (χ0v) is 69.6. The van der Waals surface area contributed by atoms with Crippen molar-refractivity contribution in [2.45, 2.75) is 386 Å². The summed E-state index contributed by atoms with van der Waals surface area (Å²) in [5.74, 6) is -1.58. The van der Waals surface area contributed by atoms with E-state index in [9.17, 15) is 43.5 Å². The number of aliphatic hydroxyl groups excluding tert-OH is 2. The summed E-state index contributed by atoms with van der Waals surface area (Å²) in [6.07, 6.45) is 98.2. The molecule has 0 saturated heterocycles. The normalized spacial score (nSPS) is 14.5. The van der Waals surface area contributed by atoms with Crippen LogP contribution in [-0.4, -0.2) is 95.9 Å². The first-order chi connectivity index (χ1) is 52.2. The number of esters is 3. The number of hydrogen-bond acceptors (Lipinski definition) is 14. The van der Waals surface area contributed by atoms with Crippen LogP contribution in [-0.2, 0) is 55.8 Å². The summed E-state index contributed by atoms with van der Waals surface area (Å²) in [6.45, 7) is 2.57. The summed E-state index contributed by atoms with van der Waals surface area (Å²) in [7, 11) is -9.80. The first kappa shape index (κ1) is 103. The quantitative estimate of drug-likeness (QED) is 0.0146. The van der Waals surface area contributed by atoms with Gasteiger partial charge in [-0.3, -0.25) is 32.5 Å². The fourth-order valence-corrected chi connectivity index (χ4v) is 13.2. The Morgan fingerprint density at radius 1 is 0.271 bits per heavy atom. The first-order valence-corrected chi connectivity index (χ1v) is 45.8. The SMILES string of the molecule is CC/C=C\C/C=C\C/C=C\C/C=C\C/C=C\CCCCCCCCCCCCCC(=O)OCC(COP(=O)(O)OCC(O)COP(=O)(O)OCC(O)COC(=O)CCCCCCCCCCCCCCC/C=C\C/C=C\C/C=C\C/C=C\CCCCC)OC(=O)CCCCCCC/C=C\CCCCCCCC. The number of unbranched alkanes of at least 4 members (excludes halogenated alkanes) is 38. The molecule has 0 fully saturated rings. The van der Waals surface area contributed by atoms with Gasteiger partial charge in [-0.15, -0.1) is 0 Å².